The Hall–Kier alpha value is -0.870. The summed E-state index contributed by atoms with van der Waals surface area (Å²) in [4.78, 5) is 0. The highest BCUT2D eigenvalue weighted by atomic mass is 32.2. The molecule has 3 nitrogen and oxygen atoms in total. The standard InChI is InChI=1S/C16H27NO2S/c1-4-10-17-16(9-6-11-20(3,18)19)13-15-8-5-7-14(2)12-15/h5,7-8,12,16-17H,4,6,9-11,13H2,1-3H3. The molecular formula is C16H27NO2S. The molecule has 1 atom stereocenters. The minimum absolute atomic E-state index is 0.283. The average molecular weight is 297 g/mol. The largest absolute Gasteiger partial charge is 0.314 e. The van der Waals surface area contributed by atoms with Gasteiger partial charge >= 0.3 is 0 Å². The molecule has 1 N–H and O–H groups in total. The maximum absolute atomic E-state index is 11.2. The van der Waals surface area contributed by atoms with Crippen LogP contribution in [0.2, 0.25) is 0 Å². The van der Waals surface area contributed by atoms with E-state index in [0.29, 0.717) is 6.04 Å². The Morgan fingerprint density at radius 3 is 2.65 bits per heavy atom. The zero-order valence-corrected chi connectivity index (χ0v) is 13.7. The third-order valence-corrected chi connectivity index (χ3v) is 4.35. The third-order valence-electron chi connectivity index (χ3n) is 3.32. The van der Waals surface area contributed by atoms with Crippen LogP contribution in [0.5, 0.6) is 0 Å². The Morgan fingerprint density at radius 2 is 2.05 bits per heavy atom. The molecule has 0 fully saturated rings. The Labute approximate surface area is 123 Å². The van der Waals surface area contributed by atoms with E-state index in [1.165, 1.54) is 17.4 Å². The van der Waals surface area contributed by atoms with Gasteiger partial charge in [0.25, 0.3) is 0 Å². The quantitative estimate of drug-likeness (QED) is 0.762. The van der Waals surface area contributed by atoms with Gasteiger partial charge in [0.1, 0.15) is 9.84 Å². The van der Waals surface area contributed by atoms with Crippen molar-refractivity contribution in [1.82, 2.24) is 5.32 Å². The van der Waals surface area contributed by atoms with Crippen LogP contribution in [0.4, 0.5) is 0 Å². The van der Waals surface area contributed by atoms with Crippen molar-refractivity contribution in [2.75, 3.05) is 18.6 Å². The van der Waals surface area contributed by atoms with E-state index in [-0.39, 0.29) is 5.75 Å². The van der Waals surface area contributed by atoms with Crippen LogP contribution in [0.15, 0.2) is 24.3 Å². The first-order valence-corrected chi connectivity index (χ1v) is 9.43. The first-order chi connectivity index (χ1) is 9.40. The van der Waals surface area contributed by atoms with Crippen molar-refractivity contribution in [3.05, 3.63) is 35.4 Å². The molecule has 1 aromatic carbocycles. The van der Waals surface area contributed by atoms with Gasteiger partial charge in [0, 0.05) is 18.1 Å². The smallest absolute Gasteiger partial charge is 0.147 e. The van der Waals surface area contributed by atoms with Crippen molar-refractivity contribution in [3.63, 3.8) is 0 Å². The molecule has 20 heavy (non-hydrogen) atoms. The van der Waals surface area contributed by atoms with Crippen molar-refractivity contribution in [1.29, 1.82) is 0 Å². The lowest BCUT2D eigenvalue weighted by Gasteiger charge is -2.18. The van der Waals surface area contributed by atoms with E-state index >= 15 is 0 Å². The molecule has 0 aliphatic heterocycles. The molecule has 0 spiro atoms. The van der Waals surface area contributed by atoms with Gasteiger partial charge in [-0.05, 0) is 44.7 Å². The van der Waals surface area contributed by atoms with Crippen LogP contribution in [0.3, 0.4) is 0 Å². The topological polar surface area (TPSA) is 46.2 Å². The van der Waals surface area contributed by atoms with Gasteiger partial charge in [-0.1, -0.05) is 36.8 Å². The molecule has 0 saturated heterocycles. The SMILES string of the molecule is CCCNC(CCCS(C)(=O)=O)Cc1cccc(C)c1. The summed E-state index contributed by atoms with van der Waals surface area (Å²) in [5, 5.41) is 3.53. The first-order valence-electron chi connectivity index (χ1n) is 7.37. The van der Waals surface area contributed by atoms with Crippen LogP contribution >= 0.6 is 0 Å². The van der Waals surface area contributed by atoms with E-state index in [2.05, 4.69) is 43.4 Å². The molecule has 0 saturated carbocycles. The van der Waals surface area contributed by atoms with Crippen LogP contribution in [-0.4, -0.2) is 33.0 Å². The lowest BCUT2D eigenvalue weighted by molar-refractivity contribution is 0.472. The van der Waals surface area contributed by atoms with Crippen molar-refractivity contribution in [3.8, 4) is 0 Å². The molecule has 0 aromatic heterocycles. The third kappa shape index (κ3) is 7.65. The molecule has 114 valence electrons. The summed E-state index contributed by atoms with van der Waals surface area (Å²) in [5.74, 6) is 0.283. The Morgan fingerprint density at radius 1 is 1.30 bits per heavy atom. The van der Waals surface area contributed by atoms with Crippen molar-refractivity contribution < 1.29 is 8.42 Å². The van der Waals surface area contributed by atoms with Gasteiger partial charge in [0.2, 0.25) is 0 Å². The highest BCUT2D eigenvalue weighted by Crippen LogP contribution is 2.10. The van der Waals surface area contributed by atoms with E-state index < -0.39 is 9.84 Å². The predicted octanol–water partition coefficient (Wildman–Crippen LogP) is 2.73. The zero-order valence-electron chi connectivity index (χ0n) is 12.9. The van der Waals surface area contributed by atoms with Crippen LogP contribution in [-0.2, 0) is 16.3 Å². The van der Waals surface area contributed by atoms with Gasteiger partial charge in [-0.15, -0.1) is 0 Å². The van der Waals surface area contributed by atoms with Gasteiger partial charge in [0.15, 0.2) is 0 Å². The summed E-state index contributed by atoms with van der Waals surface area (Å²) in [7, 11) is -2.85. The number of rotatable bonds is 9. The summed E-state index contributed by atoms with van der Waals surface area (Å²) >= 11 is 0. The second kappa shape index (κ2) is 8.42. The first kappa shape index (κ1) is 17.2. The van der Waals surface area contributed by atoms with Crippen LogP contribution in [0.25, 0.3) is 0 Å². The van der Waals surface area contributed by atoms with Gasteiger partial charge in [0.05, 0.1) is 0 Å². The van der Waals surface area contributed by atoms with E-state index in [1.807, 2.05) is 0 Å². The van der Waals surface area contributed by atoms with Crippen LogP contribution < -0.4 is 5.32 Å². The number of nitrogens with one attached hydrogen (secondary N) is 1. The van der Waals surface area contributed by atoms with E-state index in [1.54, 1.807) is 0 Å². The number of aryl methyl sites for hydroxylation is 1. The molecular weight excluding hydrogens is 270 g/mol. The zero-order chi connectivity index (χ0) is 15.0. The van der Waals surface area contributed by atoms with Crippen LogP contribution in [0.1, 0.15) is 37.3 Å². The molecule has 1 rings (SSSR count). The Balaban J connectivity index is 2.55. The number of sulfone groups is 1. The van der Waals surface area contributed by atoms with Crippen molar-refractivity contribution >= 4 is 9.84 Å². The summed E-state index contributed by atoms with van der Waals surface area (Å²) in [6.07, 6.45) is 5.00. The van der Waals surface area contributed by atoms with Gasteiger partial charge in [-0.2, -0.15) is 0 Å². The molecule has 1 unspecified atom stereocenters. The fraction of sp³-hybridized carbons (Fsp3) is 0.625. The van der Waals surface area contributed by atoms with Crippen LogP contribution in [0, 0.1) is 6.92 Å². The predicted molar refractivity (Wildman–Crippen MR) is 85.9 cm³/mol. The number of hydrogen-bond acceptors (Lipinski definition) is 3. The second-order valence-corrected chi connectivity index (χ2v) is 7.88. The molecule has 0 aliphatic rings. The average Bonchev–Trinajstić information content (AvgIpc) is 2.34. The Kier molecular flexibility index (Phi) is 7.24. The number of hydrogen-bond donors (Lipinski definition) is 1. The lowest BCUT2D eigenvalue weighted by Crippen LogP contribution is -2.32. The molecule has 0 heterocycles. The maximum Gasteiger partial charge on any atom is 0.147 e. The summed E-state index contributed by atoms with van der Waals surface area (Å²) < 4.78 is 22.4. The van der Waals surface area contributed by atoms with Crippen molar-refractivity contribution in [2.45, 2.75) is 45.6 Å². The number of benzene rings is 1. The molecule has 1 aromatic rings. The van der Waals surface area contributed by atoms with Gasteiger partial charge in [-0.3, -0.25) is 0 Å². The fourth-order valence-corrected chi connectivity index (χ4v) is 3.03. The highest BCUT2D eigenvalue weighted by molar-refractivity contribution is 7.90. The van der Waals surface area contributed by atoms with E-state index in [4.69, 9.17) is 0 Å². The summed E-state index contributed by atoms with van der Waals surface area (Å²) in [5.41, 5.74) is 2.59. The lowest BCUT2D eigenvalue weighted by atomic mass is 10.0. The monoisotopic (exact) mass is 297 g/mol. The maximum atomic E-state index is 11.2. The normalized spacial score (nSPS) is 13.3. The fourth-order valence-electron chi connectivity index (χ4n) is 2.34. The molecule has 0 bridgehead atoms. The van der Waals surface area contributed by atoms with E-state index in [9.17, 15) is 8.42 Å². The van der Waals surface area contributed by atoms with Gasteiger partial charge < -0.3 is 5.32 Å². The van der Waals surface area contributed by atoms with E-state index in [0.717, 1.165) is 32.2 Å². The van der Waals surface area contributed by atoms with Crippen molar-refractivity contribution in [2.24, 2.45) is 0 Å². The minimum Gasteiger partial charge on any atom is -0.314 e. The van der Waals surface area contributed by atoms with Gasteiger partial charge in [-0.25, -0.2) is 8.42 Å². The molecule has 4 heteroatoms. The minimum atomic E-state index is -2.85. The summed E-state index contributed by atoms with van der Waals surface area (Å²) in [6.45, 7) is 5.23. The second-order valence-electron chi connectivity index (χ2n) is 5.62. The Bertz CT molecular complexity index is 497. The molecule has 0 radical (unpaired) electrons. The summed E-state index contributed by atoms with van der Waals surface area (Å²) in [6, 6.07) is 8.89. The molecule has 0 amide bonds. The highest BCUT2D eigenvalue weighted by Gasteiger charge is 2.11. The molecule has 0 aliphatic carbocycles.